The van der Waals surface area contributed by atoms with Gasteiger partial charge in [-0.15, -0.1) is 0 Å². The fourth-order valence-corrected chi connectivity index (χ4v) is 2.84. The minimum Gasteiger partial charge on any atom is -0.460 e. The molecule has 0 fully saturated rings. The number of esters is 3. The maximum absolute atomic E-state index is 11.0. The number of carbonyl (C=O) groups is 4. The van der Waals surface area contributed by atoms with E-state index in [9.17, 15) is 19.2 Å². The molecule has 0 radical (unpaired) electrons. The zero-order valence-corrected chi connectivity index (χ0v) is 22.4. The molecule has 0 unspecified atom stereocenters. The summed E-state index contributed by atoms with van der Waals surface area (Å²) in [4.78, 5) is 44.6. The van der Waals surface area contributed by atoms with Crippen LogP contribution in [-0.2, 0) is 33.4 Å². The van der Waals surface area contributed by atoms with E-state index in [0.29, 0.717) is 43.9 Å². The number of amides is 1. The first-order valence-electron chi connectivity index (χ1n) is 11.5. The molecule has 0 bridgehead atoms. The van der Waals surface area contributed by atoms with Crippen molar-refractivity contribution in [3.8, 4) is 0 Å². The van der Waals surface area contributed by atoms with Crippen molar-refractivity contribution in [3.63, 3.8) is 0 Å². The largest absolute Gasteiger partial charge is 0.460 e. The Kier molecular flexibility index (Phi) is 18.1. The molecule has 0 aliphatic rings. The number of aliphatic hydroxyl groups excluding tert-OH is 1. The highest BCUT2D eigenvalue weighted by Crippen LogP contribution is 2.02. The van der Waals surface area contributed by atoms with E-state index in [-0.39, 0.29) is 30.4 Å². The average Bonchev–Trinajstić information content (AvgIpc) is 2.67. The summed E-state index contributed by atoms with van der Waals surface area (Å²) >= 11 is 0. The molecule has 1 N–H and O–H groups in total. The number of rotatable bonds is 15. The van der Waals surface area contributed by atoms with E-state index < -0.39 is 0 Å². The molecule has 11 nitrogen and oxygen atoms in total. The number of nitrogens with zero attached hydrogens (tertiary/aromatic N) is 3. The minimum atomic E-state index is -0.319. The van der Waals surface area contributed by atoms with Gasteiger partial charge in [-0.25, -0.2) is 0 Å². The normalized spacial score (nSPS) is 11.1. The summed E-state index contributed by atoms with van der Waals surface area (Å²) in [7, 11) is 7.92. The molecule has 11 heteroatoms. The van der Waals surface area contributed by atoms with Crippen LogP contribution in [0.3, 0.4) is 0 Å². The van der Waals surface area contributed by atoms with Crippen LogP contribution in [0.5, 0.6) is 0 Å². The van der Waals surface area contributed by atoms with Crippen molar-refractivity contribution in [1.29, 1.82) is 0 Å². The first kappa shape index (κ1) is 33.9. The number of ether oxygens (including phenoxy) is 3. The second kappa shape index (κ2) is 18.1. The maximum atomic E-state index is 11.0. The molecular weight excluding hydrogens is 446 g/mol. The van der Waals surface area contributed by atoms with E-state index in [0.717, 1.165) is 30.5 Å². The third-order valence-corrected chi connectivity index (χ3v) is 5.31. The molecule has 0 aromatic carbocycles. The van der Waals surface area contributed by atoms with Crippen LogP contribution >= 0.6 is 0 Å². The quantitative estimate of drug-likeness (QED) is 0.193. The zero-order chi connectivity index (χ0) is 26.8. The van der Waals surface area contributed by atoms with Gasteiger partial charge in [0.25, 0.3) is 0 Å². The summed E-state index contributed by atoms with van der Waals surface area (Å²) in [5.41, 5.74) is 0. The van der Waals surface area contributed by atoms with Crippen molar-refractivity contribution in [1.82, 2.24) is 4.90 Å². The summed E-state index contributed by atoms with van der Waals surface area (Å²) in [6.07, 6.45) is 0.948. The molecule has 0 aliphatic heterocycles. The second-order valence-electron chi connectivity index (χ2n) is 9.21. The summed E-state index contributed by atoms with van der Waals surface area (Å²) in [5.74, 6) is -0.780. The average molecular weight is 494 g/mol. The van der Waals surface area contributed by atoms with Crippen LogP contribution in [0.4, 0.5) is 0 Å². The van der Waals surface area contributed by atoms with Crippen LogP contribution in [0.25, 0.3) is 0 Å². The molecule has 0 aromatic heterocycles. The van der Waals surface area contributed by atoms with Crippen molar-refractivity contribution < 1.29 is 47.5 Å². The molecule has 0 aromatic rings. The van der Waals surface area contributed by atoms with E-state index in [4.69, 9.17) is 19.3 Å². The Morgan fingerprint density at radius 2 is 1.12 bits per heavy atom. The molecule has 0 atom stereocenters. The second-order valence-corrected chi connectivity index (χ2v) is 9.21. The van der Waals surface area contributed by atoms with Crippen molar-refractivity contribution in [2.24, 2.45) is 0 Å². The highest BCUT2D eigenvalue weighted by atomic mass is 16.5. The lowest BCUT2D eigenvalue weighted by Gasteiger charge is -2.33. The van der Waals surface area contributed by atoms with Gasteiger partial charge in [0.1, 0.15) is 46.0 Å². The summed E-state index contributed by atoms with van der Waals surface area (Å²) in [6.45, 7) is 11.0. The van der Waals surface area contributed by atoms with E-state index in [1.165, 1.54) is 20.8 Å². The van der Waals surface area contributed by atoms with E-state index in [2.05, 4.69) is 14.1 Å². The van der Waals surface area contributed by atoms with Gasteiger partial charge in [0.15, 0.2) is 0 Å². The lowest BCUT2D eigenvalue weighted by atomic mass is 10.3. The molecule has 0 saturated heterocycles. The van der Waals surface area contributed by atoms with E-state index in [1.807, 2.05) is 7.05 Å². The van der Waals surface area contributed by atoms with Gasteiger partial charge in [0.2, 0.25) is 5.91 Å². The Hall–Kier alpha value is -2.24. The van der Waals surface area contributed by atoms with E-state index in [1.54, 1.807) is 18.9 Å². The number of quaternary nitrogens is 2. The van der Waals surface area contributed by atoms with Gasteiger partial charge in [-0.1, -0.05) is 0 Å². The van der Waals surface area contributed by atoms with Gasteiger partial charge in [-0.05, 0) is 0 Å². The Labute approximate surface area is 204 Å². The molecule has 0 heterocycles. The number of hydrogen-bond acceptors (Lipinski definition) is 8. The smallest absolute Gasteiger partial charge is 0.302 e. The monoisotopic (exact) mass is 493 g/mol. The molecular formula is C23H47N3O8+2. The van der Waals surface area contributed by atoms with Gasteiger partial charge in [0, 0.05) is 47.7 Å². The number of aliphatic hydroxyl groups is 1. The third-order valence-electron chi connectivity index (χ3n) is 5.31. The van der Waals surface area contributed by atoms with Crippen molar-refractivity contribution in [2.75, 3.05) is 93.9 Å². The molecule has 0 saturated carbocycles. The van der Waals surface area contributed by atoms with Gasteiger partial charge >= 0.3 is 17.9 Å². The first-order chi connectivity index (χ1) is 15.6. The van der Waals surface area contributed by atoms with Crippen LogP contribution in [0.2, 0.25) is 0 Å². The molecule has 0 rings (SSSR count). The number of carbonyl (C=O) groups excluding carboxylic acids is 4. The first-order valence-corrected chi connectivity index (χ1v) is 11.5. The molecule has 0 aliphatic carbocycles. The Morgan fingerprint density at radius 3 is 1.47 bits per heavy atom. The third kappa shape index (κ3) is 21.6. The Bertz CT molecular complexity index is 605. The van der Waals surface area contributed by atoms with E-state index >= 15 is 0 Å². The predicted molar refractivity (Wildman–Crippen MR) is 128 cm³/mol. The highest BCUT2D eigenvalue weighted by molar-refractivity contribution is 5.72. The lowest BCUT2D eigenvalue weighted by molar-refractivity contribution is -0.910. The fourth-order valence-electron chi connectivity index (χ4n) is 2.84. The van der Waals surface area contributed by atoms with Gasteiger partial charge in [-0.3, -0.25) is 19.2 Å². The number of likely N-dealkylation sites (N-methyl/N-ethyl adjacent to an activating group) is 2. The van der Waals surface area contributed by atoms with Crippen molar-refractivity contribution >= 4 is 23.8 Å². The van der Waals surface area contributed by atoms with Crippen molar-refractivity contribution in [3.05, 3.63) is 0 Å². The van der Waals surface area contributed by atoms with Gasteiger partial charge in [-0.2, -0.15) is 0 Å². The van der Waals surface area contributed by atoms with Crippen LogP contribution < -0.4 is 0 Å². The topological polar surface area (TPSA) is 119 Å². The van der Waals surface area contributed by atoms with Gasteiger partial charge in [0.05, 0.1) is 34.3 Å². The Morgan fingerprint density at radius 1 is 0.706 bits per heavy atom. The molecule has 34 heavy (non-hydrogen) atoms. The van der Waals surface area contributed by atoms with Gasteiger partial charge < -0.3 is 33.2 Å². The molecule has 0 spiro atoms. The SMILES string of the molecule is CC(=O)OCC[N+](C)(C)CCCN(C)C(C)=O.CC(=O)OCC[N+](C)(CCO)CCOC(C)=O. The summed E-state index contributed by atoms with van der Waals surface area (Å²) < 4.78 is 15.9. The van der Waals surface area contributed by atoms with Crippen molar-refractivity contribution in [2.45, 2.75) is 34.1 Å². The van der Waals surface area contributed by atoms with Crippen LogP contribution in [0, 0.1) is 0 Å². The molecule has 1 amide bonds. The number of hydrogen-bond donors (Lipinski definition) is 1. The Balaban J connectivity index is 0. The summed E-state index contributed by atoms with van der Waals surface area (Å²) in [6, 6.07) is 0. The predicted octanol–water partition coefficient (Wildman–Crippen LogP) is 0.0458. The lowest BCUT2D eigenvalue weighted by Crippen LogP contribution is -2.50. The zero-order valence-electron chi connectivity index (χ0n) is 22.4. The summed E-state index contributed by atoms with van der Waals surface area (Å²) in [5, 5.41) is 8.99. The van der Waals surface area contributed by atoms with Crippen LogP contribution in [0.15, 0.2) is 0 Å². The van der Waals surface area contributed by atoms with Crippen LogP contribution in [-0.4, -0.2) is 137 Å². The minimum absolute atomic E-state index is 0.0383. The standard InChI is InChI=1S/C12H25N2O3.C11H22NO5/c1-11(15)13(3)7-6-8-14(4,5)9-10-17-12(2)16;1-10(14)16-8-5-12(3,4-7-13)6-9-17-11(2)15/h6-10H2,1-5H3;13H,4-9H2,1-3H3/q2*+1. The van der Waals surface area contributed by atoms with Crippen LogP contribution in [0.1, 0.15) is 34.1 Å². The highest BCUT2D eigenvalue weighted by Gasteiger charge is 2.21. The maximum Gasteiger partial charge on any atom is 0.302 e. The fraction of sp³-hybridized carbons (Fsp3) is 0.826. The molecule has 200 valence electrons.